The highest BCUT2D eigenvalue weighted by atomic mass is 32.1. The van der Waals surface area contributed by atoms with Crippen LogP contribution in [-0.4, -0.2) is 15.9 Å². The molecule has 0 atom stereocenters. The van der Waals surface area contributed by atoms with Crippen molar-refractivity contribution >= 4 is 22.2 Å². The molecule has 0 unspecified atom stereocenters. The number of thiophene rings is 1. The third kappa shape index (κ3) is 3.40. The van der Waals surface area contributed by atoms with Crippen molar-refractivity contribution in [2.24, 2.45) is 0 Å². The zero-order valence-corrected chi connectivity index (χ0v) is 11.2. The van der Waals surface area contributed by atoms with Crippen LogP contribution in [-0.2, 0) is 13.2 Å². The fourth-order valence-corrected chi connectivity index (χ4v) is 2.32. The third-order valence-electron chi connectivity index (χ3n) is 2.65. The fourth-order valence-electron chi connectivity index (χ4n) is 1.58. The maximum atomic E-state index is 11.8. The van der Waals surface area contributed by atoms with Gasteiger partial charge in [-0.05, 0) is 17.2 Å². The predicted molar refractivity (Wildman–Crippen MR) is 74.5 cm³/mol. The smallest absolute Gasteiger partial charge is 0.324 e. The van der Waals surface area contributed by atoms with Gasteiger partial charge in [-0.3, -0.25) is 14.9 Å². The minimum absolute atomic E-state index is 0.0223. The quantitative estimate of drug-likeness (QED) is 0.652. The van der Waals surface area contributed by atoms with E-state index < -0.39 is 4.92 Å². The van der Waals surface area contributed by atoms with Gasteiger partial charge in [0.15, 0.2) is 0 Å². The van der Waals surface area contributed by atoms with E-state index in [0.29, 0.717) is 11.4 Å². The highest BCUT2D eigenvalue weighted by Gasteiger charge is 2.14. The average molecular weight is 292 g/mol. The van der Waals surface area contributed by atoms with Crippen LogP contribution in [0.15, 0.2) is 36.4 Å². The summed E-state index contributed by atoms with van der Waals surface area (Å²) in [5.74, 6) is -0.339. The molecule has 0 aliphatic carbocycles. The molecule has 0 fully saturated rings. The summed E-state index contributed by atoms with van der Waals surface area (Å²) in [4.78, 5) is 22.1. The van der Waals surface area contributed by atoms with Gasteiger partial charge in [-0.2, -0.15) is 0 Å². The molecule has 2 N–H and O–H groups in total. The van der Waals surface area contributed by atoms with Gasteiger partial charge in [0, 0.05) is 12.6 Å². The Labute approximate surface area is 118 Å². The molecule has 0 bridgehead atoms. The molecule has 104 valence electrons. The van der Waals surface area contributed by atoms with E-state index in [-0.39, 0.29) is 17.5 Å². The number of hydrogen-bond donors (Lipinski definition) is 2. The van der Waals surface area contributed by atoms with Crippen LogP contribution in [0.2, 0.25) is 0 Å². The number of carbonyl (C=O) groups is 1. The molecule has 1 aromatic heterocycles. The van der Waals surface area contributed by atoms with Gasteiger partial charge in [0.1, 0.15) is 0 Å². The molecule has 0 saturated heterocycles. The molecule has 0 spiro atoms. The number of rotatable bonds is 5. The van der Waals surface area contributed by atoms with Crippen molar-refractivity contribution in [1.82, 2.24) is 5.32 Å². The first-order chi connectivity index (χ1) is 9.60. The number of carbonyl (C=O) groups excluding carboxylic acids is 1. The average Bonchev–Trinajstić information content (AvgIpc) is 2.95. The Morgan fingerprint density at radius 3 is 2.40 bits per heavy atom. The molecule has 2 rings (SSSR count). The third-order valence-corrected chi connectivity index (χ3v) is 3.69. The van der Waals surface area contributed by atoms with E-state index in [0.717, 1.165) is 22.5 Å². The van der Waals surface area contributed by atoms with E-state index in [4.69, 9.17) is 5.11 Å². The zero-order valence-electron chi connectivity index (χ0n) is 10.4. The first-order valence-electron chi connectivity index (χ1n) is 5.81. The number of aliphatic hydroxyl groups is 1. The van der Waals surface area contributed by atoms with Gasteiger partial charge in [0.05, 0.1) is 16.4 Å². The van der Waals surface area contributed by atoms with E-state index in [1.165, 1.54) is 12.1 Å². The van der Waals surface area contributed by atoms with Crippen molar-refractivity contribution in [1.29, 1.82) is 0 Å². The maximum Gasteiger partial charge on any atom is 0.324 e. The summed E-state index contributed by atoms with van der Waals surface area (Å²) in [7, 11) is 0. The van der Waals surface area contributed by atoms with Gasteiger partial charge in [-0.15, -0.1) is 0 Å². The standard InChI is InChI=1S/C13H12N2O4S/c16-8-10-3-1-9(2-4-10)7-14-13(17)11-5-6-12(20-11)15(18)19/h1-6,16H,7-8H2,(H,14,17). The maximum absolute atomic E-state index is 11.8. The molecule has 0 saturated carbocycles. The van der Waals surface area contributed by atoms with Crippen molar-refractivity contribution in [3.05, 3.63) is 62.5 Å². The van der Waals surface area contributed by atoms with Crippen LogP contribution in [0.4, 0.5) is 5.00 Å². The second kappa shape index (κ2) is 6.27. The summed E-state index contributed by atoms with van der Waals surface area (Å²) in [5, 5.41) is 22.1. The topological polar surface area (TPSA) is 92.5 Å². The first kappa shape index (κ1) is 14.2. The van der Waals surface area contributed by atoms with Gasteiger partial charge in [0.25, 0.3) is 5.91 Å². The van der Waals surface area contributed by atoms with Crippen molar-refractivity contribution in [3.63, 3.8) is 0 Å². The monoisotopic (exact) mass is 292 g/mol. The Bertz CT molecular complexity index is 622. The minimum Gasteiger partial charge on any atom is -0.392 e. The lowest BCUT2D eigenvalue weighted by Crippen LogP contribution is -2.21. The Kier molecular flexibility index (Phi) is 4.44. The van der Waals surface area contributed by atoms with Crippen LogP contribution in [0.3, 0.4) is 0 Å². The van der Waals surface area contributed by atoms with Crippen molar-refractivity contribution in [3.8, 4) is 0 Å². The molecule has 20 heavy (non-hydrogen) atoms. The Morgan fingerprint density at radius 2 is 1.85 bits per heavy atom. The lowest BCUT2D eigenvalue weighted by atomic mass is 10.1. The van der Waals surface area contributed by atoms with Gasteiger partial charge in [-0.1, -0.05) is 35.6 Å². The van der Waals surface area contributed by atoms with Crippen molar-refractivity contribution < 1.29 is 14.8 Å². The second-order valence-electron chi connectivity index (χ2n) is 4.05. The van der Waals surface area contributed by atoms with Gasteiger partial charge in [-0.25, -0.2) is 0 Å². The SMILES string of the molecule is O=C(NCc1ccc(CO)cc1)c1ccc([N+](=O)[O-])s1. The van der Waals surface area contributed by atoms with Gasteiger partial charge in [0.2, 0.25) is 0 Å². The number of aliphatic hydroxyl groups excluding tert-OH is 1. The molecule has 7 heteroatoms. The number of hydrogen-bond acceptors (Lipinski definition) is 5. The van der Waals surface area contributed by atoms with Crippen molar-refractivity contribution in [2.75, 3.05) is 0 Å². The molecule has 1 heterocycles. The highest BCUT2D eigenvalue weighted by Crippen LogP contribution is 2.23. The number of nitrogens with zero attached hydrogens (tertiary/aromatic N) is 1. The van der Waals surface area contributed by atoms with E-state index in [2.05, 4.69) is 5.32 Å². The summed E-state index contributed by atoms with van der Waals surface area (Å²) in [5.41, 5.74) is 1.69. The highest BCUT2D eigenvalue weighted by molar-refractivity contribution is 7.17. The van der Waals surface area contributed by atoms with Crippen LogP contribution in [0.1, 0.15) is 20.8 Å². The second-order valence-corrected chi connectivity index (χ2v) is 5.11. The molecule has 2 aromatic rings. The van der Waals surface area contributed by atoms with Gasteiger partial charge >= 0.3 is 5.00 Å². The fraction of sp³-hybridized carbons (Fsp3) is 0.154. The predicted octanol–water partition coefficient (Wildman–Crippen LogP) is 2.08. The normalized spacial score (nSPS) is 10.2. The molecule has 6 nitrogen and oxygen atoms in total. The van der Waals surface area contributed by atoms with Crippen LogP contribution >= 0.6 is 11.3 Å². The Morgan fingerprint density at radius 1 is 1.20 bits per heavy atom. The molecule has 1 aromatic carbocycles. The lowest BCUT2D eigenvalue weighted by molar-refractivity contribution is -0.380. The summed E-state index contributed by atoms with van der Waals surface area (Å²) in [6.07, 6.45) is 0. The number of benzene rings is 1. The van der Waals surface area contributed by atoms with E-state index in [1.807, 2.05) is 12.1 Å². The minimum atomic E-state index is -0.519. The van der Waals surface area contributed by atoms with Crippen LogP contribution in [0.25, 0.3) is 0 Å². The molecular weight excluding hydrogens is 280 g/mol. The molecule has 0 aliphatic heterocycles. The first-order valence-corrected chi connectivity index (χ1v) is 6.63. The summed E-state index contributed by atoms with van der Waals surface area (Å²) in [6, 6.07) is 9.92. The van der Waals surface area contributed by atoms with Gasteiger partial charge < -0.3 is 10.4 Å². The van der Waals surface area contributed by atoms with E-state index in [9.17, 15) is 14.9 Å². The zero-order chi connectivity index (χ0) is 14.5. The molecule has 1 amide bonds. The van der Waals surface area contributed by atoms with E-state index >= 15 is 0 Å². The van der Waals surface area contributed by atoms with E-state index in [1.54, 1.807) is 12.1 Å². The van der Waals surface area contributed by atoms with Crippen LogP contribution in [0.5, 0.6) is 0 Å². The number of amides is 1. The number of nitrogens with one attached hydrogen (secondary N) is 1. The summed E-state index contributed by atoms with van der Waals surface area (Å²) in [6.45, 7) is 0.307. The lowest BCUT2D eigenvalue weighted by Gasteiger charge is -2.04. The Hall–Kier alpha value is -2.25. The molecular formula is C13H12N2O4S. The summed E-state index contributed by atoms with van der Waals surface area (Å²) >= 11 is 0.846. The largest absolute Gasteiger partial charge is 0.392 e. The molecule has 0 radical (unpaired) electrons. The summed E-state index contributed by atoms with van der Waals surface area (Å²) < 4.78 is 0. The number of nitro groups is 1. The Balaban J connectivity index is 1.95. The van der Waals surface area contributed by atoms with Crippen LogP contribution in [0, 0.1) is 10.1 Å². The molecule has 0 aliphatic rings. The van der Waals surface area contributed by atoms with Crippen molar-refractivity contribution in [2.45, 2.75) is 13.2 Å². The van der Waals surface area contributed by atoms with Crippen LogP contribution < -0.4 is 5.32 Å².